The molecule has 117 heavy (non-hydrogen) atoms. The van der Waals surface area contributed by atoms with Crippen LogP contribution in [0, 0.1) is 166 Å². The quantitative estimate of drug-likeness (QED) is 0.0872. The van der Waals surface area contributed by atoms with Gasteiger partial charge in [-0.25, -0.2) is 0 Å². The Hall–Kier alpha value is -0.930. The van der Waals surface area contributed by atoms with Crippen LogP contribution >= 0.6 is 154 Å². The maximum atomic E-state index is 10.2. The Balaban J connectivity index is 0.000000392. The summed E-state index contributed by atoms with van der Waals surface area (Å²) in [6.45, 7) is 61.2. The zero-order chi connectivity index (χ0) is 84.1. The van der Waals surface area contributed by atoms with Crippen LogP contribution in [0.15, 0.2) is 8.95 Å². The van der Waals surface area contributed by atoms with Crippen molar-refractivity contribution in [1.29, 1.82) is 0 Å². The van der Waals surface area contributed by atoms with Crippen LogP contribution in [0.2, 0.25) is 0 Å². The van der Waals surface area contributed by atoms with Crippen molar-refractivity contribution in [3.8, 4) is 0 Å². The normalized spacial score (nSPS) is 13.3. The molecule has 0 heterocycles. The molecule has 0 radical (unpaired) electrons. The van der Waals surface area contributed by atoms with E-state index in [9.17, 15) is 19.6 Å². The first-order valence-corrected chi connectivity index (χ1v) is 56.2. The number of benzene rings is 8. The lowest BCUT2D eigenvalue weighted by atomic mass is 9.83. The van der Waals surface area contributed by atoms with Crippen LogP contribution in [0.3, 0.4) is 0 Å². The van der Waals surface area contributed by atoms with Crippen LogP contribution < -0.4 is 31.8 Å². The second-order valence-corrected chi connectivity index (χ2v) is 48.9. The van der Waals surface area contributed by atoms with E-state index in [0.29, 0.717) is 23.5 Å². The first kappa shape index (κ1) is 110. The standard InChI is InChI=1S/C26H38P2.C22H26Br2.C22H26Cl4P2.C22H30O4P2.ClH2O2P.ClH.4H2O/c1-15-17(3)23-14-12-22-16(2)18(4)24(26(20(22)6)28(9)10)13-11-21(15)19(5)25(23)27(7)8;1-11-13(3)19-10-8-18-12(2)14(4)20(22(24)16(18)6)9-7-17(11)15(5)21(19)23;2*1-11-13(3)19-10-8-18-12(2)14(4)20(22(16(18)6)28(25)26)9-7-17(11)15(5)21(19)27(23)24;1-4(2)3;;;;;/h11-14H2,1-10H3;7-10H2,1-6H3;7-10H2,1-6H3;23-26H,7-10H2,1-6H3;2-3H;1H;4*1H2/p-2. The molecule has 24 rings (SSSR count). The van der Waals surface area contributed by atoms with Crippen LogP contribution in [0.1, 0.15) is 223 Å². The lowest BCUT2D eigenvalue weighted by Crippen LogP contribution is -2.24. The van der Waals surface area contributed by atoms with Gasteiger partial charge in [0.15, 0.2) is 16.8 Å². The molecule has 8 aromatic rings. The molecule has 0 aromatic heterocycles. The predicted molar refractivity (Wildman–Crippen MR) is 531 cm³/mol. The Morgan fingerprint density at radius 2 is 0.325 bits per heavy atom. The third-order valence-electron chi connectivity index (χ3n) is 27.0. The van der Waals surface area contributed by atoms with Gasteiger partial charge in [0.05, 0.1) is 0 Å². The molecule has 10 nitrogen and oxygen atoms in total. The van der Waals surface area contributed by atoms with Crippen molar-refractivity contribution in [3.05, 3.63) is 231 Å². The molecule has 0 saturated carbocycles. The van der Waals surface area contributed by atoms with Gasteiger partial charge in [-0.05, 0) is 540 Å². The Kier molecular flexibility index (Phi) is 43.5. The van der Waals surface area contributed by atoms with Gasteiger partial charge < -0.3 is 51.3 Å². The van der Waals surface area contributed by atoms with Crippen LogP contribution in [0.5, 0.6) is 0 Å². The molecule has 650 valence electrons. The predicted octanol–water partition coefficient (Wildman–Crippen LogP) is 23.5. The van der Waals surface area contributed by atoms with E-state index in [4.69, 9.17) is 54.8 Å². The molecule has 0 unspecified atom stereocenters. The molecule has 16 aliphatic rings. The smallest absolute Gasteiger partial charge is 0.271 e. The van der Waals surface area contributed by atoms with Crippen LogP contribution in [-0.2, 0) is 103 Å². The van der Waals surface area contributed by atoms with Gasteiger partial charge in [0.1, 0.15) is 13.3 Å². The summed E-state index contributed by atoms with van der Waals surface area (Å²) >= 11 is 38.4. The molecule has 0 atom stereocenters. The van der Waals surface area contributed by atoms with Gasteiger partial charge in [-0.2, -0.15) is 0 Å². The number of rotatable bonds is 6. The summed E-state index contributed by atoms with van der Waals surface area (Å²) in [6.07, 6.45) is 15.8. The second kappa shape index (κ2) is 46.2. The average Bonchev–Trinajstić information content (AvgIpc) is 0.755. The highest BCUT2D eigenvalue weighted by Gasteiger charge is 2.32. The molecule has 0 fully saturated rings. The van der Waals surface area contributed by atoms with Gasteiger partial charge in [0.2, 0.25) is 0 Å². The Morgan fingerprint density at radius 1 is 0.205 bits per heavy atom. The van der Waals surface area contributed by atoms with Gasteiger partial charge in [0, 0.05) is 30.2 Å². The summed E-state index contributed by atoms with van der Waals surface area (Å²) in [7, 11) is -6.67. The minimum atomic E-state index is -2.17. The lowest BCUT2D eigenvalue weighted by Gasteiger charge is -2.29. The molecule has 25 heteroatoms. The summed E-state index contributed by atoms with van der Waals surface area (Å²) in [6, 6.07) is 0. The molecular weight excluding hydrogens is 1850 g/mol. The van der Waals surface area contributed by atoms with E-state index in [2.05, 4.69) is 222 Å². The fraction of sp³-hybridized carbons (Fsp3) is 0.478. The van der Waals surface area contributed by atoms with E-state index in [1.807, 2.05) is 13.8 Å². The summed E-state index contributed by atoms with van der Waals surface area (Å²) in [4.78, 5) is 55.6. The van der Waals surface area contributed by atoms with Crippen molar-refractivity contribution >= 4 is 186 Å². The molecule has 0 aliphatic heterocycles. The average molecular weight is 1980 g/mol. The van der Waals surface area contributed by atoms with Gasteiger partial charge in [-0.3, -0.25) is 0 Å². The van der Waals surface area contributed by atoms with Gasteiger partial charge in [-0.1, -0.05) is 92.7 Å². The third kappa shape index (κ3) is 22.6. The Morgan fingerprint density at radius 3 is 0.496 bits per heavy atom. The molecule has 16 aliphatic carbocycles. The van der Waals surface area contributed by atoms with E-state index in [1.54, 1.807) is 66.2 Å². The first-order chi connectivity index (χ1) is 52.2. The largest absolute Gasteiger partial charge is 0.870 e. The molecule has 0 saturated heterocycles. The zero-order valence-corrected chi connectivity index (χ0v) is 88.1. The molecule has 16 bridgehead atoms. The second-order valence-electron chi connectivity index (χ2n) is 32.5. The molecule has 0 amide bonds. The fourth-order valence-electron chi connectivity index (χ4n) is 19.8. The van der Waals surface area contributed by atoms with Crippen molar-refractivity contribution in [2.24, 2.45) is 0 Å². The number of hydrogen-bond acceptors (Lipinski definition) is 8. The Bertz CT molecular complexity index is 4200. The van der Waals surface area contributed by atoms with E-state index in [-0.39, 0.29) is 50.2 Å². The monoisotopic (exact) mass is 1980 g/mol. The topological polar surface area (TPSA) is 244 Å². The third-order valence-corrected chi connectivity index (χ3v) is 38.1. The van der Waals surface area contributed by atoms with Crippen LogP contribution in [0.25, 0.3) is 0 Å². The van der Waals surface area contributed by atoms with Crippen LogP contribution in [-0.4, -0.2) is 77.9 Å². The molecule has 12 N–H and O–H groups in total. The maximum Gasteiger partial charge on any atom is 0.271 e. The number of halogens is 8. The zero-order valence-electron chi connectivity index (χ0n) is 74.1. The van der Waals surface area contributed by atoms with Gasteiger partial charge >= 0.3 is 0 Å². The minimum Gasteiger partial charge on any atom is -0.870 e. The van der Waals surface area contributed by atoms with Crippen molar-refractivity contribution in [1.82, 2.24) is 0 Å². The van der Waals surface area contributed by atoms with Gasteiger partial charge in [0.25, 0.3) is 7.73 Å². The van der Waals surface area contributed by atoms with E-state index in [1.165, 1.54) is 168 Å². The molecular formula is C92H129Br2Cl6O10P7-2. The highest BCUT2D eigenvalue weighted by atomic mass is 79.9. The number of hydrogen-bond donors (Lipinski definition) is 6. The van der Waals surface area contributed by atoms with E-state index in [0.717, 1.165) is 109 Å². The van der Waals surface area contributed by atoms with Crippen molar-refractivity contribution in [3.63, 3.8) is 0 Å². The van der Waals surface area contributed by atoms with Crippen molar-refractivity contribution < 1.29 is 51.3 Å². The highest BCUT2D eigenvalue weighted by Crippen LogP contribution is 2.52. The lowest BCUT2D eigenvalue weighted by molar-refractivity contribution is 0.495. The SMILES string of the molecule is Cc1c(C)c2c(Br)c(C)c1CCc1c(C)c(C)c(c(C)c1Br)CC2.Cc1c(C)c2c(P(C)C)c(C)c1CCc1c(C)c(C)c(c(C)c1P(C)C)CC2.Cc1c(C)c2c(P(Cl)Cl)c(C)c1CCc1c(C)c(C)c(c(C)c1P(Cl)Cl)CC2.Cc1c(C)c2c(P(O)O)c(C)c1CCc1c(C)c(C)c(c(C)c1P(O)O)CC2.Cl.O.O.OP(O)Cl.[OH-].[OH-]. The minimum absolute atomic E-state index is 0. The maximum absolute atomic E-state index is 10.2. The summed E-state index contributed by atoms with van der Waals surface area (Å²) in [5, 5.41) is 7.17. The summed E-state index contributed by atoms with van der Waals surface area (Å²) in [5.41, 5.74) is 55.4. The van der Waals surface area contributed by atoms with Gasteiger partial charge in [-0.15, -0.1) is 12.4 Å². The van der Waals surface area contributed by atoms with Crippen molar-refractivity contribution in [2.45, 2.75) is 269 Å². The summed E-state index contributed by atoms with van der Waals surface area (Å²) < 4.78 is 2.67. The van der Waals surface area contributed by atoms with E-state index < -0.39 is 37.7 Å². The fourth-order valence-corrected chi connectivity index (χ4v) is 31.0. The molecule has 0 spiro atoms. The van der Waals surface area contributed by atoms with E-state index >= 15 is 0 Å². The van der Waals surface area contributed by atoms with Crippen LogP contribution in [0.4, 0.5) is 0 Å². The van der Waals surface area contributed by atoms with Crippen molar-refractivity contribution in [2.75, 3.05) is 26.7 Å². The highest BCUT2D eigenvalue weighted by molar-refractivity contribution is 9.11. The molecule has 8 aromatic carbocycles. The first-order valence-electron chi connectivity index (χ1n) is 39.2. The summed E-state index contributed by atoms with van der Waals surface area (Å²) in [5.74, 6) is 0. The Labute approximate surface area is 757 Å².